The summed E-state index contributed by atoms with van der Waals surface area (Å²) in [6.07, 6.45) is 0.122. The maximum atomic E-state index is 12.1. The Bertz CT molecular complexity index is 450. The van der Waals surface area contributed by atoms with Crippen molar-refractivity contribution in [1.82, 2.24) is 5.32 Å². The Morgan fingerprint density at radius 2 is 1.75 bits per heavy atom. The van der Waals surface area contributed by atoms with Crippen LogP contribution < -0.4 is 14.8 Å². The smallest absolute Gasteiger partial charge is 0.307 e. The third-order valence-electron chi connectivity index (χ3n) is 2.57. The predicted molar refractivity (Wildman–Crippen MR) is 73.1 cm³/mol. The topological polar surface area (TPSA) is 73.9 Å². The summed E-state index contributed by atoms with van der Waals surface area (Å²) in [6, 6.07) is 5.07. The molecule has 0 aromatic heterocycles. The van der Waals surface area contributed by atoms with Gasteiger partial charge in [0.2, 0.25) is 0 Å². The third kappa shape index (κ3) is 4.15. The lowest BCUT2D eigenvalue weighted by Gasteiger charge is -2.12. The van der Waals surface area contributed by atoms with Gasteiger partial charge in [0.1, 0.15) is 17.1 Å². The fraction of sp³-hybridized carbons (Fsp3) is 0.429. The highest BCUT2D eigenvalue weighted by atomic mass is 16.5. The van der Waals surface area contributed by atoms with Crippen LogP contribution in [-0.2, 0) is 9.53 Å². The van der Waals surface area contributed by atoms with Crippen LogP contribution in [0.3, 0.4) is 0 Å². The summed E-state index contributed by atoms with van der Waals surface area (Å²) in [6.45, 7) is 2.25. The minimum Gasteiger partial charge on any atom is -0.496 e. The molecule has 0 radical (unpaired) electrons. The van der Waals surface area contributed by atoms with Gasteiger partial charge in [-0.2, -0.15) is 0 Å². The van der Waals surface area contributed by atoms with Crippen LogP contribution in [0.2, 0.25) is 0 Å². The molecule has 0 aliphatic rings. The summed E-state index contributed by atoms with van der Waals surface area (Å²) in [7, 11) is 2.95. The lowest BCUT2D eigenvalue weighted by molar-refractivity contribution is -0.142. The Morgan fingerprint density at radius 3 is 2.25 bits per heavy atom. The van der Waals surface area contributed by atoms with Gasteiger partial charge in [0.25, 0.3) is 5.91 Å². The maximum Gasteiger partial charge on any atom is 0.307 e. The molecule has 1 aromatic carbocycles. The van der Waals surface area contributed by atoms with E-state index in [1.54, 1.807) is 25.1 Å². The van der Waals surface area contributed by atoms with Gasteiger partial charge in [-0.15, -0.1) is 0 Å². The fourth-order valence-corrected chi connectivity index (χ4v) is 1.67. The molecule has 0 saturated carbocycles. The van der Waals surface area contributed by atoms with E-state index in [-0.39, 0.29) is 24.8 Å². The molecule has 0 unspecified atom stereocenters. The molecule has 6 heteroatoms. The number of hydrogen-bond acceptors (Lipinski definition) is 5. The molecule has 6 nitrogen and oxygen atoms in total. The van der Waals surface area contributed by atoms with E-state index in [9.17, 15) is 9.59 Å². The highest BCUT2D eigenvalue weighted by Gasteiger charge is 2.17. The number of nitrogens with one attached hydrogen (secondary N) is 1. The summed E-state index contributed by atoms with van der Waals surface area (Å²) >= 11 is 0. The van der Waals surface area contributed by atoms with Gasteiger partial charge >= 0.3 is 5.97 Å². The molecule has 0 saturated heterocycles. The van der Waals surface area contributed by atoms with Gasteiger partial charge in [-0.3, -0.25) is 9.59 Å². The highest BCUT2D eigenvalue weighted by Crippen LogP contribution is 2.27. The van der Waals surface area contributed by atoms with Crippen molar-refractivity contribution in [3.8, 4) is 11.5 Å². The molecule has 0 aliphatic carbocycles. The first kappa shape index (κ1) is 15.8. The number of hydrogen-bond donors (Lipinski definition) is 1. The number of esters is 1. The second-order valence-electron chi connectivity index (χ2n) is 3.85. The standard InChI is InChI=1S/C14H19NO5/c1-4-20-12(16)8-9-15-14(17)13-10(18-2)6-5-7-11(13)19-3/h5-7H,4,8-9H2,1-3H3,(H,15,17). The van der Waals surface area contributed by atoms with Gasteiger partial charge < -0.3 is 19.5 Å². The van der Waals surface area contributed by atoms with E-state index in [0.717, 1.165) is 0 Å². The zero-order chi connectivity index (χ0) is 15.0. The molecule has 1 amide bonds. The van der Waals surface area contributed by atoms with E-state index in [4.69, 9.17) is 14.2 Å². The van der Waals surface area contributed by atoms with Crippen molar-refractivity contribution in [1.29, 1.82) is 0 Å². The van der Waals surface area contributed by atoms with Gasteiger partial charge in [-0.05, 0) is 19.1 Å². The Hall–Kier alpha value is -2.24. The quantitative estimate of drug-likeness (QED) is 0.764. The molecule has 0 bridgehead atoms. The first-order chi connectivity index (χ1) is 9.63. The molecule has 0 heterocycles. The van der Waals surface area contributed by atoms with Crippen LogP contribution in [0.15, 0.2) is 18.2 Å². The van der Waals surface area contributed by atoms with Crippen LogP contribution in [-0.4, -0.2) is 39.2 Å². The summed E-state index contributed by atoms with van der Waals surface area (Å²) in [5.41, 5.74) is 0.307. The number of carbonyl (C=O) groups is 2. The van der Waals surface area contributed by atoms with Crippen molar-refractivity contribution >= 4 is 11.9 Å². The Balaban J connectivity index is 2.70. The molecular formula is C14H19NO5. The van der Waals surface area contributed by atoms with Crippen LogP contribution in [0.1, 0.15) is 23.7 Å². The molecule has 0 atom stereocenters. The third-order valence-corrected chi connectivity index (χ3v) is 2.57. The number of ether oxygens (including phenoxy) is 3. The monoisotopic (exact) mass is 281 g/mol. The Kier molecular flexibility index (Phi) is 6.36. The lowest BCUT2D eigenvalue weighted by atomic mass is 10.1. The van der Waals surface area contributed by atoms with Crippen molar-refractivity contribution in [2.24, 2.45) is 0 Å². The van der Waals surface area contributed by atoms with Gasteiger partial charge in [0, 0.05) is 6.54 Å². The molecule has 110 valence electrons. The van der Waals surface area contributed by atoms with Crippen LogP contribution >= 0.6 is 0 Å². The minimum absolute atomic E-state index is 0.122. The zero-order valence-corrected chi connectivity index (χ0v) is 11.9. The van der Waals surface area contributed by atoms with Crippen molar-refractivity contribution in [3.05, 3.63) is 23.8 Å². The molecule has 0 aliphatic heterocycles. The van der Waals surface area contributed by atoms with Crippen molar-refractivity contribution in [3.63, 3.8) is 0 Å². The van der Waals surface area contributed by atoms with E-state index in [0.29, 0.717) is 23.7 Å². The number of carbonyl (C=O) groups excluding carboxylic acids is 2. The van der Waals surface area contributed by atoms with Crippen molar-refractivity contribution in [2.75, 3.05) is 27.4 Å². The van der Waals surface area contributed by atoms with Crippen LogP contribution in [0.4, 0.5) is 0 Å². The van der Waals surface area contributed by atoms with Gasteiger partial charge in [0.05, 0.1) is 27.2 Å². The summed E-state index contributed by atoms with van der Waals surface area (Å²) < 4.78 is 15.1. The lowest BCUT2D eigenvalue weighted by Crippen LogP contribution is -2.27. The van der Waals surface area contributed by atoms with E-state index in [1.807, 2.05) is 0 Å². The van der Waals surface area contributed by atoms with Crippen LogP contribution in [0.5, 0.6) is 11.5 Å². The van der Waals surface area contributed by atoms with E-state index in [1.165, 1.54) is 14.2 Å². The zero-order valence-electron chi connectivity index (χ0n) is 11.9. The first-order valence-electron chi connectivity index (χ1n) is 6.28. The minimum atomic E-state index is -0.358. The normalized spacial score (nSPS) is 9.75. The molecule has 1 N–H and O–H groups in total. The summed E-state index contributed by atoms with van der Waals surface area (Å²) in [5.74, 6) is 0.124. The molecule has 1 rings (SSSR count). The summed E-state index contributed by atoms with van der Waals surface area (Å²) in [5, 5.41) is 2.64. The molecule has 0 fully saturated rings. The fourth-order valence-electron chi connectivity index (χ4n) is 1.67. The second-order valence-corrected chi connectivity index (χ2v) is 3.85. The van der Waals surface area contributed by atoms with Gasteiger partial charge in [-0.1, -0.05) is 6.07 Å². The molecule has 1 aromatic rings. The number of benzene rings is 1. The molecule has 0 spiro atoms. The number of amides is 1. The predicted octanol–water partition coefficient (Wildman–Crippen LogP) is 1.39. The molecular weight excluding hydrogens is 262 g/mol. The van der Waals surface area contributed by atoms with Crippen LogP contribution in [0, 0.1) is 0 Å². The summed E-state index contributed by atoms with van der Waals surface area (Å²) in [4.78, 5) is 23.3. The van der Waals surface area contributed by atoms with Crippen molar-refractivity contribution in [2.45, 2.75) is 13.3 Å². The Labute approximate surface area is 118 Å². The largest absolute Gasteiger partial charge is 0.496 e. The van der Waals surface area contributed by atoms with Gasteiger partial charge in [0.15, 0.2) is 0 Å². The van der Waals surface area contributed by atoms with E-state index < -0.39 is 0 Å². The maximum absolute atomic E-state index is 12.1. The number of methoxy groups -OCH3 is 2. The van der Waals surface area contributed by atoms with E-state index in [2.05, 4.69) is 5.32 Å². The average Bonchev–Trinajstić information content (AvgIpc) is 2.46. The van der Waals surface area contributed by atoms with Gasteiger partial charge in [-0.25, -0.2) is 0 Å². The SMILES string of the molecule is CCOC(=O)CCNC(=O)c1c(OC)cccc1OC. The first-order valence-corrected chi connectivity index (χ1v) is 6.28. The number of rotatable bonds is 7. The van der Waals surface area contributed by atoms with E-state index >= 15 is 0 Å². The Morgan fingerprint density at radius 1 is 1.15 bits per heavy atom. The van der Waals surface area contributed by atoms with Crippen molar-refractivity contribution < 1.29 is 23.8 Å². The molecule has 20 heavy (non-hydrogen) atoms. The highest BCUT2D eigenvalue weighted by molar-refractivity contribution is 5.99. The average molecular weight is 281 g/mol. The van der Waals surface area contributed by atoms with Crippen LogP contribution in [0.25, 0.3) is 0 Å². The second kappa shape index (κ2) is 8.04.